The highest BCUT2D eigenvalue weighted by atomic mass is 32.2. The molecular weight excluding hydrogens is 396 g/mol. The molecule has 152 valence electrons. The second-order valence-corrected chi connectivity index (χ2v) is 10.2. The zero-order chi connectivity index (χ0) is 20.1. The van der Waals surface area contributed by atoms with E-state index in [0.717, 1.165) is 29.8 Å². The van der Waals surface area contributed by atoms with Crippen molar-refractivity contribution in [2.45, 2.75) is 56.8 Å². The van der Waals surface area contributed by atoms with Gasteiger partial charge in [-0.25, -0.2) is 8.42 Å². The minimum atomic E-state index is -3.42. The molecule has 3 rings (SSSR count). The molecule has 0 saturated carbocycles. The van der Waals surface area contributed by atoms with Crippen LogP contribution in [0.2, 0.25) is 0 Å². The largest absolute Gasteiger partial charge is 0.301 e. The van der Waals surface area contributed by atoms with Crippen LogP contribution in [0.25, 0.3) is 0 Å². The van der Waals surface area contributed by atoms with Crippen molar-refractivity contribution >= 4 is 32.4 Å². The first-order chi connectivity index (χ1) is 13.4. The molecule has 1 aliphatic heterocycles. The number of benzene rings is 1. The van der Waals surface area contributed by atoms with Crippen LogP contribution in [0.1, 0.15) is 56.0 Å². The Kier molecular flexibility index (Phi) is 6.79. The molecule has 0 aliphatic carbocycles. The summed E-state index contributed by atoms with van der Waals surface area (Å²) in [6, 6.07) is 6.84. The molecule has 1 aromatic heterocycles. The van der Waals surface area contributed by atoms with E-state index in [1.54, 1.807) is 28.6 Å². The molecular formula is C19H26N4O3S2. The number of nitrogens with one attached hydrogen (secondary N) is 1. The second-order valence-electron chi connectivity index (χ2n) is 7.26. The van der Waals surface area contributed by atoms with Crippen LogP contribution in [0.5, 0.6) is 0 Å². The lowest BCUT2D eigenvalue weighted by Crippen LogP contribution is -2.35. The number of amides is 1. The summed E-state index contributed by atoms with van der Waals surface area (Å²) in [6.07, 6.45) is 3.75. The summed E-state index contributed by atoms with van der Waals surface area (Å²) in [5, 5.41) is 12.2. The van der Waals surface area contributed by atoms with Crippen LogP contribution in [0.3, 0.4) is 0 Å². The predicted molar refractivity (Wildman–Crippen MR) is 110 cm³/mol. The standard InChI is InChI=1S/C19H26N4O3S2/c1-14(2)18-21-22-19(27-18)20-17(24)11-8-15-6-9-16(10-7-15)28(25,26)23-12-4-3-5-13-23/h6-7,9-10,14H,3-5,8,11-13H2,1-2H3,(H,20,22,24). The van der Waals surface area contributed by atoms with Gasteiger partial charge < -0.3 is 5.32 Å². The Morgan fingerprint density at radius 3 is 2.43 bits per heavy atom. The van der Waals surface area contributed by atoms with Crippen molar-refractivity contribution in [1.29, 1.82) is 0 Å². The number of hydrogen-bond acceptors (Lipinski definition) is 6. The van der Waals surface area contributed by atoms with E-state index in [1.807, 2.05) is 13.8 Å². The van der Waals surface area contributed by atoms with E-state index in [2.05, 4.69) is 15.5 Å². The van der Waals surface area contributed by atoms with Crippen molar-refractivity contribution in [3.8, 4) is 0 Å². The zero-order valence-corrected chi connectivity index (χ0v) is 17.9. The molecule has 1 aliphatic rings. The van der Waals surface area contributed by atoms with E-state index in [9.17, 15) is 13.2 Å². The van der Waals surface area contributed by atoms with Gasteiger partial charge in [-0.2, -0.15) is 4.31 Å². The molecule has 7 nitrogen and oxygen atoms in total. The third-order valence-corrected chi connectivity index (χ3v) is 7.75. The Bertz CT molecular complexity index is 902. The Labute approximate surface area is 170 Å². The maximum Gasteiger partial charge on any atom is 0.243 e. The minimum Gasteiger partial charge on any atom is -0.301 e. The number of carbonyl (C=O) groups is 1. The molecule has 0 atom stereocenters. The van der Waals surface area contributed by atoms with Crippen LogP contribution in [-0.2, 0) is 21.2 Å². The van der Waals surface area contributed by atoms with Gasteiger partial charge in [-0.05, 0) is 37.0 Å². The molecule has 28 heavy (non-hydrogen) atoms. The fraction of sp³-hybridized carbons (Fsp3) is 0.526. The molecule has 9 heteroatoms. The van der Waals surface area contributed by atoms with Crippen LogP contribution in [-0.4, -0.2) is 41.9 Å². The van der Waals surface area contributed by atoms with E-state index >= 15 is 0 Å². The topological polar surface area (TPSA) is 92.3 Å². The van der Waals surface area contributed by atoms with Crippen LogP contribution in [0, 0.1) is 0 Å². The average molecular weight is 423 g/mol. The number of aryl methyl sites for hydroxylation is 1. The molecule has 0 radical (unpaired) electrons. The van der Waals surface area contributed by atoms with Crippen molar-refractivity contribution < 1.29 is 13.2 Å². The van der Waals surface area contributed by atoms with Crippen LogP contribution < -0.4 is 5.32 Å². The number of hydrogen-bond donors (Lipinski definition) is 1. The van der Waals surface area contributed by atoms with Gasteiger partial charge in [0.2, 0.25) is 21.1 Å². The first-order valence-corrected chi connectivity index (χ1v) is 11.8. The van der Waals surface area contributed by atoms with Gasteiger partial charge in [0.1, 0.15) is 5.01 Å². The third-order valence-electron chi connectivity index (χ3n) is 4.70. The fourth-order valence-corrected chi connectivity index (χ4v) is 5.32. The minimum absolute atomic E-state index is 0.128. The Morgan fingerprint density at radius 2 is 1.82 bits per heavy atom. The smallest absolute Gasteiger partial charge is 0.243 e. The molecule has 2 aromatic rings. The summed E-state index contributed by atoms with van der Waals surface area (Å²) in [5.74, 6) is 0.152. The summed E-state index contributed by atoms with van der Waals surface area (Å²) in [6.45, 7) is 5.24. The number of nitrogens with zero attached hydrogens (tertiary/aromatic N) is 3. The summed E-state index contributed by atoms with van der Waals surface area (Å²) >= 11 is 1.38. The van der Waals surface area contributed by atoms with Gasteiger partial charge in [0.25, 0.3) is 0 Å². The number of sulfonamides is 1. The molecule has 1 N–H and O–H groups in total. The summed E-state index contributed by atoms with van der Waals surface area (Å²) < 4.78 is 26.9. The van der Waals surface area contributed by atoms with Gasteiger partial charge >= 0.3 is 0 Å². The van der Waals surface area contributed by atoms with Crippen molar-refractivity contribution in [1.82, 2.24) is 14.5 Å². The highest BCUT2D eigenvalue weighted by molar-refractivity contribution is 7.89. The molecule has 1 saturated heterocycles. The average Bonchev–Trinajstić information content (AvgIpc) is 3.16. The van der Waals surface area contributed by atoms with Crippen molar-refractivity contribution in [2.75, 3.05) is 18.4 Å². The second kappa shape index (κ2) is 9.11. The molecule has 0 unspecified atom stereocenters. The molecule has 2 heterocycles. The van der Waals surface area contributed by atoms with Crippen molar-refractivity contribution in [3.05, 3.63) is 34.8 Å². The maximum absolute atomic E-state index is 12.7. The SMILES string of the molecule is CC(C)c1nnc(NC(=O)CCc2ccc(S(=O)(=O)N3CCCCC3)cc2)s1. The fourth-order valence-electron chi connectivity index (χ4n) is 3.04. The van der Waals surface area contributed by atoms with E-state index in [4.69, 9.17) is 0 Å². The lowest BCUT2D eigenvalue weighted by Gasteiger charge is -2.25. The first kappa shape index (κ1) is 20.9. The van der Waals surface area contributed by atoms with E-state index in [1.165, 1.54) is 11.3 Å². The molecule has 0 bridgehead atoms. The van der Waals surface area contributed by atoms with Gasteiger partial charge in [0.05, 0.1) is 4.90 Å². The zero-order valence-electron chi connectivity index (χ0n) is 16.2. The quantitative estimate of drug-likeness (QED) is 0.738. The number of anilines is 1. The Hall–Kier alpha value is -1.84. The molecule has 1 aromatic carbocycles. The first-order valence-electron chi connectivity index (χ1n) is 9.58. The highest BCUT2D eigenvalue weighted by Gasteiger charge is 2.25. The summed E-state index contributed by atoms with van der Waals surface area (Å²) in [7, 11) is -3.42. The molecule has 0 spiro atoms. The van der Waals surface area contributed by atoms with Crippen LogP contribution >= 0.6 is 11.3 Å². The number of rotatable bonds is 7. The summed E-state index contributed by atoms with van der Waals surface area (Å²) in [5.41, 5.74) is 0.924. The van der Waals surface area contributed by atoms with Gasteiger partial charge in [-0.15, -0.1) is 10.2 Å². The van der Waals surface area contributed by atoms with Crippen molar-refractivity contribution in [3.63, 3.8) is 0 Å². The molecule has 1 amide bonds. The predicted octanol–water partition coefficient (Wildman–Crippen LogP) is 3.41. The Balaban J connectivity index is 1.54. The van der Waals surface area contributed by atoms with Crippen LogP contribution in [0.15, 0.2) is 29.2 Å². The molecule has 1 fully saturated rings. The lowest BCUT2D eigenvalue weighted by atomic mass is 10.1. The van der Waals surface area contributed by atoms with E-state index < -0.39 is 10.0 Å². The lowest BCUT2D eigenvalue weighted by molar-refractivity contribution is -0.116. The van der Waals surface area contributed by atoms with Crippen LogP contribution in [0.4, 0.5) is 5.13 Å². The number of piperidine rings is 1. The number of aromatic nitrogens is 2. The third kappa shape index (κ3) is 5.15. The highest BCUT2D eigenvalue weighted by Crippen LogP contribution is 2.23. The number of carbonyl (C=O) groups excluding carboxylic acids is 1. The van der Waals surface area contributed by atoms with Gasteiger partial charge in [-0.3, -0.25) is 4.79 Å². The van der Waals surface area contributed by atoms with Crippen molar-refractivity contribution in [2.24, 2.45) is 0 Å². The normalized spacial score (nSPS) is 15.7. The van der Waals surface area contributed by atoms with E-state index in [0.29, 0.717) is 36.0 Å². The van der Waals surface area contributed by atoms with E-state index in [-0.39, 0.29) is 11.8 Å². The van der Waals surface area contributed by atoms with Gasteiger partial charge in [0.15, 0.2) is 0 Å². The monoisotopic (exact) mass is 422 g/mol. The van der Waals surface area contributed by atoms with Gasteiger partial charge in [0, 0.05) is 25.4 Å². The Morgan fingerprint density at radius 1 is 1.14 bits per heavy atom. The maximum atomic E-state index is 12.7. The summed E-state index contributed by atoms with van der Waals surface area (Å²) in [4.78, 5) is 12.4. The van der Waals surface area contributed by atoms with Gasteiger partial charge in [-0.1, -0.05) is 43.7 Å².